The van der Waals surface area contributed by atoms with Crippen LogP contribution in [0.4, 0.5) is 4.79 Å². The van der Waals surface area contributed by atoms with Crippen molar-refractivity contribution in [1.82, 2.24) is 73.6 Å². The molecular weight excluding hydrogens is 1350 g/mol. The van der Waals surface area contributed by atoms with E-state index in [9.17, 15) is 62.6 Å². The van der Waals surface area contributed by atoms with Crippen molar-refractivity contribution in [3.05, 3.63) is 48.2 Å². The summed E-state index contributed by atoms with van der Waals surface area (Å²) in [6, 6.07) is -1.57. The highest BCUT2D eigenvalue weighted by molar-refractivity contribution is 8.76. The molecule has 16 N–H and O–H groups in total. The fraction of sp³-hybridized carbons (Fsp3) is 0.671. The van der Waals surface area contributed by atoms with E-state index in [4.69, 9.17) is 15.9 Å². The average Bonchev–Trinajstić information content (AvgIpc) is 1.62. The van der Waals surface area contributed by atoms with Crippen LogP contribution in [0.1, 0.15) is 148 Å². The Morgan fingerprint density at radius 3 is 1.95 bits per heavy atom. The summed E-state index contributed by atoms with van der Waals surface area (Å²) in [6.45, 7) is 10.0. The summed E-state index contributed by atoms with van der Waals surface area (Å²) < 4.78 is 5.60. The maximum atomic E-state index is 14.7. The number of alkyl carbamates (subject to hydrolysis) is 1. The van der Waals surface area contributed by atoms with E-state index in [1.54, 1.807) is 4.90 Å². The smallest absolute Gasteiger partial charge is 0.407 e. The first-order chi connectivity index (χ1) is 49.0. The van der Waals surface area contributed by atoms with Crippen LogP contribution in [0.5, 0.6) is 0 Å². The number of rotatable bonds is 34. The molecule has 0 bridgehead atoms. The monoisotopic (exact) mass is 1460 g/mol. The SMILES string of the molecule is C=C([C@H](CCCNC(=N)N)NC(=O)[C@@H]1CCC(=O)N1)N1CCC[C@H]1C(=O)N[C@H]1CSSC[C@@H](C(=O)N[C@@H](CCCCNC(=O)OC[C@@H]2[C@@H]3CCC#CCC[C@@H]32)C(=O)NCC(=O)N2CCC[C@H]2C(=O)N[C@H](CCCC)C(=O)NCCc2ccccc2)NC(=O)[C@H](CO)NC(=O)[C@H](CC(C)C)NC1=O. The lowest BCUT2D eigenvalue weighted by atomic mass is 10.0. The number of carbonyl (C=O) groups is 12. The van der Waals surface area contributed by atoms with Crippen molar-refractivity contribution in [2.24, 2.45) is 29.4 Å². The molecule has 102 heavy (non-hydrogen) atoms. The maximum Gasteiger partial charge on any atom is 0.407 e. The highest BCUT2D eigenvalue weighted by Gasteiger charge is 2.49. The molecule has 0 aromatic heterocycles. The number of likely N-dealkylation sites (tertiary alicyclic amines) is 2. The average molecular weight is 1460 g/mol. The van der Waals surface area contributed by atoms with E-state index in [0.717, 1.165) is 59.3 Å². The molecule has 7 rings (SSSR count). The maximum absolute atomic E-state index is 14.7. The Hall–Kier alpha value is -8.31. The molecule has 4 saturated heterocycles. The van der Waals surface area contributed by atoms with Crippen LogP contribution in [-0.4, -0.2) is 216 Å². The highest BCUT2D eigenvalue weighted by atomic mass is 33.1. The number of amides is 12. The van der Waals surface area contributed by atoms with Gasteiger partial charge in [-0.1, -0.05) is 92.1 Å². The lowest BCUT2D eigenvalue weighted by Gasteiger charge is -2.34. The number of benzene rings is 1. The number of ether oxygens (including phenoxy) is 1. The van der Waals surface area contributed by atoms with Crippen molar-refractivity contribution in [3.8, 4) is 11.8 Å². The van der Waals surface area contributed by atoms with Gasteiger partial charge in [0.2, 0.25) is 65.0 Å². The highest BCUT2D eigenvalue weighted by Crippen LogP contribution is 2.52. The largest absolute Gasteiger partial charge is 0.449 e. The summed E-state index contributed by atoms with van der Waals surface area (Å²) in [5.41, 5.74) is 6.96. The molecule has 4 aliphatic heterocycles. The molecule has 5 fully saturated rings. The standard InChI is InChI=1S/C70H106N16O14S2/c1-5-6-23-49(60(90)73-33-30-44-19-10-9-11-20-44)80-68(98)57-27-18-35-86(57)59(89)37-76-61(91)50(24-14-15-31-75-70(99)100-39-47-45-21-12-7-8-13-22-46(45)47)79-65(95)54-40-101-102-41-55(66(96)81-52(36-42(2)3)63(93)82-53(38-87)64(94)83-54)84-67(97)56-26-17-34-85(56)43(4)48(25-16-32-74-69(71)72)78-62(92)51-28-29-58(88)77-51/h9-11,19-20,42,45-57,87H,4-6,12-18,21-41H2,1-3H3,(H,73,90)(H,75,99)(H,76,91)(H,77,88)(H,78,92)(H,79,95)(H,80,98)(H,81,96)(H,82,93)(H,83,94)(H,84,97)(H4,71,72,74)/t45-,46+,47-,48-,49+,50-,51-,52-,53-,54-,55-,56-,57-/m0/s1. The molecule has 12 amide bonds. The van der Waals surface area contributed by atoms with E-state index < -0.39 is 133 Å². The third kappa shape index (κ3) is 25.6. The van der Waals surface area contributed by atoms with Crippen molar-refractivity contribution in [3.63, 3.8) is 0 Å². The summed E-state index contributed by atoms with van der Waals surface area (Å²) >= 11 is 0. The zero-order valence-electron chi connectivity index (χ0n) is 58.9. The molecule has 1 saturated carbocycles. The number of nitrogens with one attached hydrogen (secondary N) is 13. The summed E-state index contributed by atoms with van der Waals surface area (Å²) in [4.78, 5) is 170. The lowest BCUT2D eigenvalue weighted by Crippen LogP contribution is -2.61. The number of nitrogens with zero attached hydrogens (tertiary/aromatic N) is 2. The second-order valence-electron chi connectivity index (χ2n) is 27.4. The van der Waals surface area contributed by atoms with E-state index in [2.05, 4.69) is 82.2 Å². The number of unbranched alkanes of at least 4 members (excludes halogenated alkanes) is 2. The summed E-state index contributed by atoms with van der Waals surface area (Å²) in [7, 11) is 2.11. The number of hydrogen-bond acceptors (Lipinski definition) is 18. The molecule has 562 valence electrons. The number of nitrogens with two attached hydrogens (primary N) is 1. The molecule has 13 atom stereocenters. The van der Waals surface area contributed by atoms with Crippen LogP contribution in [0.15, 0.2) is 42.6 Å². The van der Waals surface area contributed by atoms with Crippen LogP contribution < -0.4 is 69.5 Å². The molecule has 32 heteroatoms. The molecule has 2 aliphatic carbocycles. The second-order valence-corrected chi connectivity index (χ2v) is 29.9. The van der Waals surface area contributed by atoms with Gasteiger partial charge in [-0.25, -0.2) is 4.79 Å². The third-order valence-electron chi connectivity index (χ3n) is 19.3. The number of fused-ring (bicyclic) bond motifs is 1. The van der Waals surface area contributed by atoms with Gasteiger partial charge in [0.15, 0.2) is 5.96 Å². The van der Waals surface area contributed by atoms with Crippen molar-refractivity contribution < 1.29 is 67.4 Å². The van der Waals surface area contributed by atoms with Gasteiger partial charge in [-0.05, 0) is 126 Å². The van der Waals surface area contributed by atoms with Crippen LogP contribution in [0.25, 0.3) is 0 Å². The lowest BCUT2D eigenvalue weighted by molar-refractivity contribution is -0.140. The van der Waals surface area contributed by atoms with E-state index in [1.807, 2.05) is 51.1 Å². The van der Waals surface area contributed by atoms with Gasteiger partial charge in [0.25, 0.3) is 0 Å². The minimum absolute atomic E-state index is 0.0390. The van der Waals surface area contributed by atoms with Crippen LogP contribution in [-0.2, 0) is 63.9 Å². The Morgan fingerprint density at radius 2 is 1.28 bits per heavy atom. The predicted molar refractivity (Wildman–Crippen MR) is 384 cm³/mol. The molecular formula is C70H106N16O14S2. The number of hydrogen-bond donors (Lipinski definition) is 15. The van der Waals surface area contributed by atoms with Gasteiger partial charge >= 0.3 is 6.09 Å². The topological polar surface area (TPSA) is 435 Å². The Kier molecular flexibility index (Phi) is 33.1. The van der Waals surface area contributed by atoms with Crippen molar-refractivity contribution >= 4 is 98.6 Å². The molecule has 4 heterocycles. The van der Waals surface area contributed by atoms with E-state index >= 15 is 0 Å². The van der Waals surface area contributed by atoms with Gasteiger partial charge in [-0.2, -0.15) is 0 Å². The van der Waals surface area contributed by atoms with E-state index in [1.165, 1.54) is 4.90 Å². The molecule has 0 spiro atoms. The number of carbonyl (C=O) groups excluding carboxylic acids is 12. The minimum atomic E-state index is -1.64. The zero-order chi connectivity index (χ0) is 73.7. The molecule has 0 radical (unpaired) electrons. The summed E-state index contributed by atoms with van der Waals surface area (Å²) in [5.74, 6) is -0.136. The van der Waals surface area contributed by atoms with Crippen molar-refractivity contribution in [1.29, 1.82) is 5.41 Å². The van der Waals surface area contributed by atoms with Crippen LogP contribution in [0, 0.1) is 40.9 Å². The van der Waals surface area contributed by atoms with Crippen LogP contribution in [0.3, 0.4) is 0 Å². The Bertz CT molecular complexity index is 3160. The van der Waals surface area contributed by atoms with Gasteiger partial charge < -0.3 is 89.2 Å². The fourth-order valence-electron chi connectivity index (χ4n) is 13.6. The molecule has 30 nitrogen and oxygen atoms in total. The van der Waals surface area contributed by atoms with Gasteiger partial charge in [-0.3, -0.25) is 58.1 Å². The molecule has 1 aromatic carbocycles. The van der Waals surface area contributed by atoms with Crippen molar-refractivity contribution in [2.75, 3.05) is 64.0 Å². The first kappa shape index (κ1) is 81.0. The predicted octanol–water partition coefficient (Wildman–Crippen LogP) is 0.326. The molecule has 6 aliphatic rings. The molecule has 0 unspecified atom stereocenters. The molecule has 1 aromatic rings. The second kappa shape index (κ2) is 41.7. The summed E-state index contributed by atoms with van der Waals surface area (Å²) in [5, 5.41) is 51.3. The van der Waals surface area contributed by atoms with Crippen LogP contribution in [0.2, 0.25) is 0 Å². The first-order valence-corrected chi connectivity index (χ1v) is 38.6. The van der Waals surface area contributed by atoms with Crippen molar-refractivity contribution in [2.45, 2.75) is 210 Å². The summed E-state index contributed by atoms with van der Waals surface area (Å²) in [6.07, 6.45) is 8.83. The Balaban J connectivity index is 1.04. The normalized spacial score (nSPS) is 24.4. The first-order valence-electron chi connectivity index (χ1n) is 36.1. The van der Waals surface area contributed by atoms with Gasteiger partial charge in [0.05, 0.1) is 25.8 Å². The van der Waals surface area contributed by atoms with Gasteiger partial charge in [0, 0.05) is 69.2 Å². The fourth-order valence-corrected chi connectivity index (χ4v) is 15.9. The Labute approximate surface area is 605 Å². The van der Waals surface area contributed by atoms with E-state index in [0.29, 0.717) is 108 Å². The van der Waals surface area contributed by atoms with Gasteiger partial charge in [-0.15, -0.1) is 11.8 Å². The Morgan fingerprint density at radius 1 is 0.676 bits per heavy atom. The zero-order valence-corrected chi connectivity index (χ0v) is 60.6. The number of guanidine groups is 1. The van der Waals surface area contributed by atoms with E-state index in [-0.39, 0.29) is 86.5 Å². The number of aliphatic hydroxyl groups excluding tert-OH is 1. The quantitative estimate of drug-likeness (QED) is 0.0145. The van der Waals surface area contributed by atoms with Crippen LogP contribution >= 0.6 is 21.6 Å². The van der Waals surface area contributed by atoms with Gasteiger partial charge in [0.1, 0.15) is 54.4 Å². The minimum Gasteiger partial charge on any atom is -0.449 e. The third-order valence-corrected chi connectivity index (χ3v) is 21.7. The number of aliphatic hydroxyl groups is 1.